The molecule has 0 aliphatic carbocycles. The monoisotopic (exact) mass is 186 g/mol. The summed E-state index contributed by atoms with van der Waals surface area (Å²) in [7, 11) is 0. The van der Waals surface area contributed by atoms with E-state index in [0.29, 0.717) is 18.3 Å². The zero-order valence-corrected chi connectivity index (χ0v) is 9.68. The van der Waals surface area contributed by atoms with Crippen LogP contribution in [0.4, 0.5) is 0 Å². The van der Waals surface area contributed by atoms with E-state index >= 15 is 0 Å². The fourth-order valence-corrected chi connectivity index (χ4v) is 0.882. The Balaban J connectivity index is 3.89. The van der Waals surface area contributed by atoms with E-state index in [-0.39, 0.29) is 11.6 Å². The maximum absolute atomic E-state index is 11.4. The fraction of sp³-hybridized carbons (Fsp3) is 0.909. The zero-order valence-electron chi connectivity index (χ0n) is 9.68. The average molecular weight is 186 g/mol. The molecule has 0 aliphatic heterocycles. The molecule has 0 aromatic rings. The number of hydrogen-bond donors (Lipinski definition) is 0. The Bertz CT molecular complexity index is 165. The lowest BCUT2D eigenvalue weighted by molar-refractivity contribution is -0.156. The topological polar surface area (TPSA) is 26.3 Å². The van der Waals surface area contributed by atoms with Crippen molar-refractivity contribution in [1.82, 2.24) is 0 Å². The highest BCUT2D eigenvalue weighted by Crippen LogP contribution is 2.17. The molecule has 1 atom stereocenters. The lowest BCUT2D eigenvalue weighted by Crippen LogP contribution is -2.25. The molecule has 0 radical (unpaired) electrons. The first-order valence-corrected chi connectivity index (χ1v) is 4.94. The summed E-state index contributed by atoms with van der Waals surface area (Å²) >= 11 is 0. The maximum Gasteiger partial charge on any atom is 0.306 e. The molecule has 2 heteroatoms. The third-order valence-electron chi connectivity index (χ3n) is 2.05. The van der Waals surface area contributed by atoms with Crippen molar-refractivity contribution < 1.29 is 9.53 Å². The molecule has 0 bridgehead atoms. The highest BCUT2D eigenvalue weighted by molar-refractivity contribution is 5.70. The van der Waals surface area contributed by atoms with Crippen LogP contribution in [0, 0.1) is 11.8 Å². The van der Waals surface area contributed by atoms with Crippen LogP contribution in [0.5, 0.6) is 0 Å². The van der Waals surface area contributed by atoms with Gasteiger partial charge in [-0.3, -0.25) is 4.79 Å². The molecule has 0 aromatic carbocycles. The minimum absolute atomic E-state index is 0.0892. The van der Waals surface area contributed by atoms with Gasteiger partial charge in [-0.05, 0) is 32.6 Å². The number of esters is 1. The van der Waals surface area contributed by atoms with E-state index in [1.54, 1.807) is 0 Å². The third kappa shape index (κ3) is 6.62. The first-order valence-electron chi connectivity index (χ1n) is 4.94. The van der Waals surface area contributed by atoms with Crippen molar-refractivity contribution >= 4 is 5.97 Å². The molecule has 0 spiro atoms. The summed E-state index contributed by atoms with van der Waals surface area (Å²) in [5.74, 6) is 0.844. The van der Waals surface area contributed by atoms with Gasteiger partial charge in [0.05, 0.1) is 0 Å². The van der Waals surface area contributed by atoms with Gasteiger partial charge in [0.25, 0.3) is 0 Å². The van der Waals surface area contributed by atoms with Crippen LogP contribution in [0.3, 0.4) is 0 Å². The molecule has 0 N–H and O–H groups in total. The molecular formula is C11H22O2. The van der Waals surface area contributed by atoms with E-state index in [2.05, 4.69) is 20.8 Å². The standard InChI is InChI=1S/C11H22O2/c1-8(2)9(3)7-10(12)13-11(4,5)6/h8-9H,7H2,1-6H3. The second-order valence-corrected chi connectivity index (χ2v) is 5.01. The molecule has 0 amide bonds. The first-order chi connectivity index (χ1) is 5.72. The van der Waals surface area contributed by atoms with Gasteiger partial charge in [0.1, 0.15) is 5.60 Å². The lowest BCUT2D eigenvalue weighted by Gasteiger charge is -2.22. The number of carbonyl (C=O) groups is 1. The Kier molecular flexibility index (Phi) is 4.45. The number of ether oxygens (including phenoxy) is 1. The molecule has 0 fully saturated rings. The molecule has 0 aromatic heterocycles. The van der Waals surface area contributed by atoms with Crippen LogP contribution in [0.2, 0.25) is 0 Å². The maximum atomic E-state index is 11.4. The van der Waals surface area contributed by atoms with Crippen molar-refractivity contribution in [2.75, 3.05) is 0 Å². The molecule has 0 aliphatic rings. The fourth-order valence-electron chi connectivity index (χ4n) is 0.882. The van der Waals surface area contributed by atoms with Crippen molar-refractivity contribution in [3.8, 4) is 0 Å². The quantitative estimate of drug-likeness (QED) is 0.633. The summed E-state index contributed by atoms with van der Waals surface area (Å²) in [6, 6.07) is 0. The summed E-state index contributed by atoms with van der Waals surface area (Å²) < 4.78 is 5.22. The van der Waals surface area contributed by atoms with Gasteiger partial charge in [0.2, 0.25) is 0 Å². The van der Waals surface area contributed by atoms with Crippen molar-refractivity contribution in [3.05, 3.63) is 0 Å². The van der Waals surface area contributed by atoms with E-state index in [1.165, 1.54) is 0 Å². The molecule has 0 heterocycles. The Morgan fingerprint density at radius 1 is 1.23 bits per heavy atom. The van der Waals surface area contributed by atoms with Crippen LogP contribution < -0.4 is 0 Å². The number of rotatable bonds is 3. The summed E-state index contributed by atoms with van der Waals surface area (Å²) in [5, 5.41) is 0. The molecule has 0 rings (SSSR count). The first kappa shape index (κ1) is 12.5. The molecule has 0 saturated heterocycles. The predicted octanol–water partition coefficient (Wildman–Crippen LogP) is 3.01. The van der Waals surface area contributed by atoms with Gasteiger partial charge in [-0.2, -0.15) is 0 Å². The lowest BCUT2D eigenvalue weighted by atomic mass is 9.95. The Hall–Kier alpha value is -0.530. The van der Waals surface area contributed by atoms with Crippen molar-refractivity contribution in [1.29, 1.82) is 0 Å². The number of hydrogen-bond acceptors (Lipinski definition) is 2. The number of carbonyl (C=O) groups excluding carboxylic acids is 1. The van der Waals surface area contributed by atoms with Gasteiger partial charge in [-0.15, -0.1) is 0 Å². The summed E-state index contributed by atoms with van der Waals surface area (Å²) in [6.45, 7) is 12.0. The van der Waals surface area contributed by atoms with Crippen LogP contribution >= 0.6 is 0 Å². The molecule has 13 heavy (non-hydrogen) atoms. The van der Waals surface area contributed by atoms with Crippen LogP contribution in [0.1, 0.15) is 48.0 Å². The molecular weight excluding hydrogens is 164 g/mol. The Morgan fingerprint density at radius 2 is 1.69 bits per heavy atom. The van der Waals surface area contributed by atoms with Gasteiger partial charge < -0.3 is 4.74 Å². The minimum atomic E-state index is -0.353. The van der Waals surface area contributed by atoms with Crippen molar-refractivity contribution in [2.45, 2.75) is 53.6 Å². The molecule has 78 valence electrons. The van der Waals surface area contributed by atoms with E-state index in [1.807, 2.05) is 20.8 Å². The van der Waals surface area contributed by atoms with E-state index < -0.39 is 0 Å². The average Bonchev–Trinajstić information content (AvgIpc) is 1.81. The van der Waals surface area contributed by atoms with E-state index in [0.717, 1.165) is 0 Å². The minimum Gasteiger partial charge on any atom is -0.460 e. The van der Waals surface area contributed by atoms with E-state index in [9.17, 15) is 4.79 Å². The van der Waals surface area contributed by atoms with Crippen LogP contribution in [-0.2, 0) is 9.53 Å². The third-order valence-corrected chi connectivity index (χ3v) is 2.05. The van der Waals surface area contributed by atoms with Gasteiger partial charge in [0.15, 0.2) is 0 Å². The van der Waals surface area contributed by atoms with Crippen molar-refractivity contribution in [2.24, 2.45) is 11.8 Å². The SMILES string of the molecule is CC(C)C(C)CC(=O)OC(C)(C)C. The summed E-state index contributed by atoms with van der Waals surface area (Å²) in [4.78, 5) is 11.4. The summed E-state index contributed by atoms with van der Waals surface area (Å²) in [5.41, 5.74) is -0.353. The van der Waals surface area contributed by atoms with Crippen LogP contribution in [0.15, 0.2) is 0 Å². The molecule has 2 nitrogen and oxygen atoms in total. The van der Waals surface area contributed by atoms with Crippen LogP contribution in [0.25, 0.3) is 0 Å². The second-order valence-electron chi connectivity index (χ2n) is 5.01. The normalized spacial score (nSPS) is 14.4. The second kappa shape index (κ2) is 4.64. The van der Waals surface area contributed by atoms with Gasteiger partial charge in [-0.1, -0.05) is 20.8 Å². The summed E-state index contributed by atoms with van der Waals surface area (Å²) in [6.07, 6.45) is 0.523. The molecule has 0 saturated carbocycles. The van der Waals surface area contributed by atoms with Crippen molar-refractivity contribution in [3.63, 3.8) is 0 Å². The van der Waals surface area contributed by atoms with Gasteiger partial charge in [-0.25, -0.2) is 0 Å². The van der Waals surface area contributed by atoms with Gasteiger partial charge in [0, 0.05) is 6.42 Å². The van der Waals surface area contributed by atoms with E-state index in [4.69, 9.17) is 4.74 Å². The van der Waals surface area contributed by atoms with Gasteiger partial charge >= 0.3 is 5.97 Å². The van der Waals surface area contributed by atoms with Crippen LogP contribution in [-0.4, -0.2) is 11.6 Å². The molecule has 1 unspecified atom stereocenters. The Morgan fingerprint density at radius 3 is 2.00 bits per heavy atom. The largest absolute Gasteiger partial charge is 0.460 e. The smallest absolute Gasteiger partial charge is 0.306 e. The Labute approximate surface area is 81.7 Å². The zero-order chi connectivity index (χ0) is 10.6. The highest BCUT2D eigenvalue weighted by atomic mass is 16.6. The highest BCUT2D eigenvalue weighted by Gasteiger charge is 2.19. The predicted molar refractivity (Wildman–Crippen MR) is 54.5 cm³/mol.